The van der Waals surface area contributed by atoms with Gasteiger partial charge in [-0.15, -0.1) is 0 Å². The molecule has 0 aromatic heterocycles. The van der Waals surface area contributed by atoms with E-state index in [0.717, 1.165) is 5.11 Å². The Morgan fingerprint density at radius 1 is 1.67 bits per heavy atom. The zero-order valence-electron chi connectivity index (χ0n) is 2.56. The summed E-state index contributed by atoms with van der Waals surface area (Å²) in [6.45, 7) is 0. The second-order valence-electron chi connectivity index (χ2n) is 0.384. The van der Waals surface area contributed by atoms with Crippen LogP contribution in [0.3, 0.4) is 0 Å². The molecule has 6 heavy (non-hydrogen) atoms. The summed E-state index contributed by atoms with van der Waals surface area (Å²) in [6.07, 6.45) is 0. The van der Waals surface area contributed by atoms with Gasteiger partial charge in [-0.05, 0) is 0 Å². The van der Waals surface area contributed by atoms with E-state index in [4.69, 9.17) is 0 Å². The molecule has 0 unspecified atom stereocenters. The standard InChI is InChI=1S/CHO3S.Fe/c1-4-5(2)3;/h1H;/q-1;+1. The van der Waals surface area contributed by atoms with Crippen molar-refractivity contribution < 1.29 is 28.2 Å². The zero-order chi connectivity index (χ0) is 4.99. The Morgan fingerprint density at radius 3 is 2.17 bits per heavy atom. The molecule has 0 saturated carbocycles. The van der Waals surface area contributed by atoms with E-state index in [1.54, 1.807) is 0 Å². The first-order chi connectivity index (χ1) is 2.77. The summed E-state index contributed by atoms with van der Waals surface area (Å²) in [7, 11) is -2.43. The molecule has 37 valence electrons. The summed E-state index contributed by atoms with van der Waals surface area (Å²) in [4.78, 5) is 0. The summed E-state index contributed by atoms with van der Waals surface area (Å²) in [5, 5.41) is 0.836. The fourth-order valence-electron chi connectivity index (χ4n) is 0.0278. The van der Waals surface area contributed by atoms with Gasteiger partial charge in [-0.3, -0.25) is 0 Å². The topological polar surface area (TPSA) is 43.4 Å². The van der Waals surface area contributed by atoms with Gasteiger partial charge >= 0.3 is 44.3 Å². The van der Waals surface area contributed by atoms with Crippen LogP contribution in [0, 0.1) is 0 Å². The summed E-state index contributed by atoms with van der Waals surface area (Å²) in [5.41, 5.74) is 0. The van der Waals surface area contributed by atoms with Crippen LogP contribution in [0.1, 0.15) is 0 Å². The number of hydrogen-bond acceptors (Lipinski definition) is 4. The SMILES string of the molecule is O=[S-](=O)O[CH]=[Fe+]. The minimum absolute atomic E-state index is 0.836. The van der Waals surface area contributed by atoms with E-state index in [0.29, 0.717) is 0 Å². The van der Waals surface area contributed by atoms with Crippen molar-refractivity contribution >= 4 is 16.1 Å². The molecule has 0 aliphatic carbocycles. The summed E-state index contributed by atoms with van der Waals surface area (Å²) in [5.74, 6) is 0. The van der Waals surface area contributed by atoms with E-state index in [2.05, 4.69) is 19.8 Å². The van der Waals surface area contributed by atoms with Crippen LogP contribution >= 0.6 is 0 Å². The van der Waals surface area contributed by atoms with E-state index in [9.17, 15) is 8.42 Å². The Morgan fingerprint density at radius 2 is 2.17 bits per heavy atom. The maximum atomic E-state index is 9.31. The quantitative estimate of drug-likeness (QED) is 0.393. The van der Waals surface area contributed by atoms with Gasteiger partial charge in [-0.2, -0.15) is 0 Å². The van der Waals surface area contributed by atoms with Crippen molar-refractivity contribution in [2.75, 3.05) is 0 Å². The molecule has 0 saturated heterocycles. The third-order valence-electron chi connectivity index (χ3n) is 0.113. The molecule has 0 rings (SSSR count). The zero-order valence-corrected chi connectivity index (χ0v) is 4.48. The van der Waals surface area contributed by atoms with Gasteiger partial charge in [0.15, 0.2) is 0 Å². The van der Waals surface area contributed by atoms with Crippen LogP contribution in [-0.2, 0) is 39.2 Å². The van der Waals surface area contributed by atoms with Gasteiger partial charge in [0, 0.05) is 0 Å². The molecule has 0 aromatic carbocycles. The van der Waals surface area contributed by atoms with Crippen LogP contribution in [-0.4, -0.2) is 5.11 Å². The van der Waals surface area contributed by atoms with Gasteiger partial charge in [0.05, 0.1) is 0 Å². The molecule has 0 heterocycles. The molecule has 0 N–H and O–H groups in total. The fourth-order valence-corrected chi connectivity index (χ4v) is 0.344. The summed E-state index contributed by atoms with van der Waals surface area (Å²) >= 11 is 2.99. The first-order valence-corrected chi connectivity index (χ1v) is 2.58. The molecule has 0 bridgehead atoms. The molecule has 3 nitrogen and oxygen atoms in total. The second-order valence-corrected chi connectivity index (χ2v) is 1.24. The van der Waals surface area contributed by atoms with Crippen LogP contribution < -0.4 is 0 Å². The third kappa shape index (κ3) is 4.30. The van der Waals surface area contributed by atoms with Crippen LogP contribution in [0.4, 0.5) is 0 Å². The monoisotopic (exact) mass is 149 g/mol. The first kappa shape index (κ1) is 6.30. The molecule has 0 aliphatic rings. The Bertz CT molecular complexity index is 97.4. The van der Waals surface area contributed by atoms with Crippen LogP contribution in [0.5, 0.6) is 0 Å². The van der Waals surface area contributed by atoms with Gasteiger partial charge in [0.25, 0.3) is 0 Å². The van der Waals surface area contributed by atoms with E-state index < -0.39 is 11.0 Å². The van der Waals surface area contributed by atoms with Crippen molar-refractivity contribution in [3.8, 4) is 0 Å². The van der Waals surface area contributed by atoms with Crippen molar-refractivity contribution in [3.05, 3.63) is 0 Å². The predicted octanol–water partition coefficient (Wildman–Crippen LogP) is -0.466. The Kier molecular flexibility index (Phi) is 3.66. The Balaban J connectivity index is 3.32. The van der Waals surface area contributed by atoms with Crippen LogP contribution in [0.15, 0.2) is 0 Å². The van der Waals surface area contributed by atoms with Crippen molar-refractivity contribution in [2.45, 2.75) is 0 Å². The molecule has 0 aromatic rings. The van der Waals surface area contributed by atoms with E-state index >= 15 is 0 Å². The van der Waals surface area contributed by atoms with Crippen molar-refractivity contribution in [3.63, 3.8) is 0 Å². The Hall–Kier alpha value is 0.299. The summed E-state index contributed by atoms with van der Waals surface area (Å²) < 4.78 is 22.3. The molecule has 0 radical (unpaired) electrons. The van der Waals surface area contributed by atoms with Gasteiger partial charge in [-0.25, -0.2) is 0 Å². The molecule has 0 aliphatic heterocycles. The van der Waals surface area contributed by atoms with Crippen LogP contribution in [0.2, 0.25) is 0 Å². The van der Waals surface area contributed by atoms with Crippen LogP contribution in [0.25, 0.3) is 0 Å². The van der Waals surface area contributed by atoms with Crippen molar-refractivity contribution in [2.24, 2.45) is 0 Å². The third-order valence-corrected chi connectivity index (χ3v) is 0.657. The van der Waals surface area contributed by atoms with Gasteiger partial charge in [-0.1, -0.05) is 0 Å². The first-order valence-electron chi connectivity index (χ1n) is 0.940. The Labute approximate surface area is 44.8 Å². The van der Waals surface area contributed by atoms with Crippen molar-refractivity contribution in [1.82, 2.24) is 0 Å². The summed E-state index contributed by atoms with van der Waals surface area (Å²) in [6, 6.07) is 0. The van der Waals surface area contributed by atoms with E-state index in [1.165, 1.54) is 0 Å². The maximum absolute atomic E-state index is 9.31. The second kappa shape index (κ2) is 3.49. The fraction of sp³-hybridized carbons (Fsp3) is 0. The molecule has 0 spiro atoms. The molecular weight excluding hydrogens is 148 g/mol. The van der Waals surface area contributed by atoms with Gasteiger partial charge in [0.1, 0.15) is 0 Å². The average Bonchev–Trinajstić information content (AvgIpc) is 1.35. The van der Waals surface area contributed by atoms with E-state index in [1.807, 2.05) is 0 Å². The molecule has 0 atom stereocenters. The number of rotatable bonds is 2. The van der Waals surface area contributed by atoms with Crippen molar-refractivity contribution in [1.29, 1.82) is 0 Å². The molecular formula is CHFeO3S. The molecule has 0 fully saturated rings. The average molecular weight is 149 g/mol. The minimum atomic E-state index is -2.43. The molecule has 5 heteroatoms. The molecule has 0 amide bonds. The predicted molar refractivity (Wildman–Crippen MR) is 15.9 cm³/mol. The van der Waals surface area contributed by atoms with Gasteiger partial charge < -0.3 is 0 Å². The van der Waals surface area contributed by atoms with Gasteiger partial charge in [0.2, 0.25) is 0 Å². The van der Waals surface area contributed by atoms with E-state index in [-0.39, 0.29) is 0 Å². The normalized spacial score (nSPS) is 8.83. The number of hydrogen-bond donors (Lipinski definition) is 0.